The molecule has 0 saturated carbocycles. The number of hydrogen-bond acceptors (Lipinski definition) is 7. The Morgan fingerprint density at radius 3 is 2.30 bits per heavy atom. The summed E-state index contributed by atoms with van der Waals surface area (Å²) in [6, 6.07) is 20.2. The van der Waals surface area contributed by atoms with Crippen LogP contribution in [0.15, 0.2) is 66.7 Å². The van der Waals surface area contributed by atoms with Crippen molar-refractivity contribution in [2.75, 3.05) is 75.3 Å². The summed E-state index contributed by atoms with van der Waals surface area (Å²) in [5.74, 6) is 0.844. The Labute approximate surface area is 240 Å². The molecule has 4 rings (SSSR count). The van der Waals surface area contributed by atoms with Crippen LogP contribution in [0.25, 0.3) is 0 Å². The average Bonchev–Trinajstić information content (AvgIpc) is 2.99. The fourth-order valence-electron chi connectivity index (χ4n) is 4.54. The van der Waals surface area contributed by atoms with Gasteiger partial charge in [-0.3, -0.25) is 9.59 Å². The van der Waals surface area contributed by atoms with Crippen LogP contribution in [0.4, 0.5) is 17.1 Å². The molecular formula is C30H35ClN4O5. The second-order valence-corrected chi connectivity index (χ2v) is 9.71. The van der Waals surface area contributed by atoms with Crippen molar-refractivity contribution in [1.29, 1.82) is 0 Å². The lowest BCUT2D eigenvalue weighted by molar-refractivity contribution is -0.118. The lowest BCUT2D eigenvalue weighted by atomic mass is 10.1. The molecule has 0 unspecified atom stereocenters. The molecule has 0 radical (unpaired) electrons. The van der Waals surface area contributed by atoms with E-state index >= 15 is 0 Å². The number of carbonyl (C=O) groups excluding carboxylic acids is 2. The molecule has 0 bridgehead atoms. The molecule has 10 heteroatoms. The summed E-state index contributed by atoms with van der Waals surface area (Å²) in [4.78, 5) is 30.3. The Bertz CT molecular complexity index is 1280. The van der Waals surface area contributed by atoms with E-state index in [4.69, 9.17) is 25.8 Å². The van der Waals surface area contributed by atoms with E-state index in [1.54, 1.807) is 44.6 Å². The van der Waals surface area contributed by atoms with Gasteiger partial charge in [0.25, 0.3) is 11.8 Å². The third-order valence-corrected chi connectivity index (χ3v) is 6.82. The van der Waals surface area contributed by atoms with Crippen LogP contribution < -0.4 is 29.9 Å². The zero-order valence-corrected chi connectivity index (χ0v) is 23.6. The largest absolute Gasteiger partial charge is 0.495 e. The molecule has 1 fully saturated rings. The zero-order valence-electron chi connectivity index (χ0n) is 22.8. The molecule has 3 aromatic carbocycles. The van der Waals surface area contributed by atoms with Gasteiger partial charge in [0.2, 0.25) is 0 Å². The highest BCUT2D eigenvalue weighted by molar-refractivity contribution is 6.30. The standard InChI is InChI=1S/C30H35ClN4O5/c1-38-19-5-14-32-30(37)25-20-23(33-29(36)21-40-24-11-8-22(31)9-12-24)10-13-26(25)34-15-17-35(18-16-34)27-6-3-4-7-28(27)39-2/h3-4,6-13,20H,5,14-19,21H2,1-2H3,(H,32,37)(H,33,36). The second kappa shape index (κ2) is 14.4. The van der Waals surface area contributed by atoms with Gasteiger partial charge in [-0.15, -0.1) is 0 Å². The second-order valence-electron chi connectivity index (χ2n) is 9.27. The fourth-order valence-corrected chi connectivity index (χ4v) is 4.67. The molecule has 0 aliphatic carbocycles. The molecule has 0 atom stereocenters. The Balaban J connectivity index is 1.45. The molecule has 9 nitrogen and oxygen atoms in total. The molecule has 3 aromatic rings. The number of nitrogens with zero attached hydrogens (tertiary/aromatic N) is 2. The van der Waals surface area contributed by atoms with Gasteiger partial charge in [0, 0.05) is 62.8 Å². The van der Waals surface area contributed by atoms with Gasteiger partial charge in [0.1, 0.15) is 11.5 Å². The maximum Gasteiger partial charge on any atom is 0.262 e. The Hall–Kier alpha value is -3.95. The molecule has 40 heavy (non-hydrogen) atoms. The summed E-state index contributed by atoms with van der Waals surface area (Å²) in [6.45, 7) is 3.87. The summed E-state index contributed by atoms with van der Waals surface area (Å²) in [7, 11) is 3.31. The van der Waals surface area contributed by atoms with Crippen LogP contribution in [0.2, 0.25) is 5.02 Å². The quantitative estimate of drug-likeness (QED) is 0.313. The Morgan fingerprint density at radius 2 is 1.60 bits per heavy atom. The molecule has 1 aliphatic rings. The topological polar surface area (TPSA) is 92.4 Å². The number of hydrogen-bond donors (Lipinski definition) is 2. The minimum atomic E-state index is -0.334. The monoisotopic (exact) mass is 566 g/mol. The number of methoxy groups -OCH3 is 2. The van der Waals surface area contributed by atoms with E-state index in [-0.39, 0.29) is 18.4 Å². The number of nitrogens with one attached hydrogen (secondary N) is 2. The first-order chi connectivity index (χ1) is 19.5. The van der Waals surface area contributed by atoms with Crippen LogP contribution in [0.3, 0.4) is 0 Å². The van der Waals surface area contributed by atoms with Crippen LogP contribution in [-0.4, -0.2) is 72.0 Å². The number of benzene rings is 3. The third-order valence-electron chi connectivity index (χ3n) is 6.57. The van der Waals surface area contributed by atoms with E-state index in [0.717, 1.165) is 43.3 Å². The van der Waals surface area contributed by atoms with Crippen LogP contribution >= 0.6 is 11.6 Å². The maximum absolute atomic E-state index is 13.3. The molecule has 1 saturated heterocycles. The highest BCUT2D eigenvalue weighted by Crippen LogP contribution is 2.31. The molecule has 212 valence electrons. The van der Waals surface area contributed by atoms with Gasteiger partial charge in [0.05, 0.1) is 18.4 Å². The number of rotatable bonds is 12. The molecular weight excluding hydrogens is 532 g/mol. The number of para-hydroxylation sites is 2. The summed E-state index contributed by atoms with van der Waals surface area (Å²) >= 11 is 5.90. The van der Waals surface area contributed by atoms with Crippen molar-refractivity contribution in [3.63, 3.8) is 0 Å². The van der Waals surface area contributed by atoms with Gasteiger partial charge in [-0.2, -0.15) is 0 Å². The van der Waals surface area contributed by atoms with E-state index in [0.29, 0.717) is 41.6 Å². The predicted octanol–water partition coefficient (Wildman–Crippen LogP) is 4.46. The number of carbonyl (C=O) groups is 2. The normalized spacial score (nSPS) is 13.1. The van der Waals surface area contributed by atoms with Gasteiger partial charge in [-0.25, -0.2) is 0 Å². The van der Waals surface area contributed by atoms with Crippen LogP contribution in [-0.2, 0) is 9.53 Å². The van der Waals surface area contributed by atoms with E-state index in [1.165, 1.54) is 0 Å². The van der Waals surface area contributed by atoms with Crippen molar-refractivity contribution >= 4 is 40.5 Å². The molecule has 2 amide bonds. The number of anilines is 3. The van der Waals surface area contributed by atoms with Crippen molar-refractivity contribution in [2.24, 2.45) is 0 Å². The van der Waals surface area contributed by atoms with Crippen molar-refractivity contribution < 1.29 is 23.8 Å². The first-order valence-corrected chi connectivity index (χ1v) is 13.6. The highest BCUT2D eigenvalue weighted by atomic mass is 35.5. The molecule has 1 aliphatic heterocycles. The number of piperazine rings is 1. The zero-order chi connectivity index (χ0) is 28.3. The average molecular weight is 567 g/mol. The van der Waals surface area contributed by atoms with E-state index < -0.39 is 0 Å². The van der Waals surface area contributed by atoms with E-state index in [1.807, 2.05) is 30.3 Å². The van der Waals surface area contributed by atoms with Gasteiger partial charge in [-0.1, -0.05) is 23.7 Å². The number of amides is 2. The Morgan fingerprint density at radius 1 is 0.900 bits per heavy atom. The van der Waals surface area contributed by atoms with Gasteiger partial charge >= 0.3 is 0 Å². The van der Waals surface area contributed by atoms with Crippen molar-refractivity contribution in [3.8, 4) is 11.5 Å². The lowest BCUT2D eigenvalue weighted by Gasteiger charge is -2.38. The van der Waals surface area contributed by atoms with Gasteiger partial charge in [-0.05, 0) is 61.0 Å². The smallest absolute Gasteiger partial charge is 0.262 e. The minimum absolute atomic E-state index is 0.174. The van der Waals surface area contributed by atoms with Crippen molar-refractivity contribution in [1.82, 2.24) is 5.32 Å². The molecule has 0 aromatic heterocycles. The van der Waals surface area contributed by atoms with E-state index in [9.17, 15) is 9.59 Å². The van der Waals surface area contributed by atoms with E-state index in [2.05, 4.69) is 26.5 Å². The number of halogens is 1. The highest BCUT2D eigenvalue weighted by Gasteiger charge is 2.24. The summed E-state index contributed by atoms with van der Waals surface area (Å²) in [5, 5.41) is 6.40. The Kier molecular flexibility index (Phi) is 10.5. The van der Waals surface area contributed by atoms with Crippen LogP contribution in [0.1, 0.15) is 16.8 Å². The molecule has 2 N–H and O–H groups in total. The predicted molar refractivity (Wildman–Crippen MR) is 158 cm³/mol. The summed E-state index contributed by atoms with van der Waals surface area (Å²) < 4.78 is 16.2. The van der Waals surface area contributed by atoms with Crippen LogP contribution in [0.5, 0.6) is 11.5 Å². The molecule has 0 spiro atoms. The lowest BCUT2D eigenvalue weighted by Crippen LogP contribution is -2.47. The third kappa shape index (κ3) is 7.80. The van der Waals surface area contributed by atoms with Crippen molar-refractivity contribution in [2.45, 2.75) is 6.42 Å². The first-order valence-electron chi connectivity index (χ1n) is 13.2. The summed E-state index contributed by atoms with van der Waals surface area (Å²) in [5.41, 5.74) is 2.89. The number of ether oxygens (including phenoxy) is 3. The maximum atomic E-state index is 13.3. The van der Waals surface area contributed by atoms with Crippen LogP contribution in [0, 0.1) is 0 Å². The van der Waals surface area contributed by atoms with Gasteiger partial charge < -0.3 is 34.6 Å². The minimum Gasteiger partial charge on any atom is -0.495 e. The molecule has 1 heterocycles. The van der Waals surface area contributed by atoms with Gasteiger partial charge in [0.15, 0.2) is 6.61 Å². The van der Waals surface area contributed by atoms with Crippen molar-refractivity contribution in [3.05, 3.63) is 77.3 Å². The SMILES string of the molecule is COCCCNC(=O)c1cc(NC(=O)COc2ccc(Cl)cc2)ccc1N1CCN(c2ccccc2OC)CC1. The first kappa shape index (κ1) is 29.0. The summed E-state index contributed by atoms with van der Waals surface area (Å²) in [6.07, 6.45) is 0.702. The fraction of sp³-hybridized carbons (Fsp3) is 0.333.